The van der Waals surface area contributed by atoms with Crippen molar-refractivity contribution in [1.29, 1.82) is 0 Å². The third kappa shape index (κ3) is 3.77. The van der Waals surface area contributed by atoms with Crippen LogP contribution in [0.15, 0.2) is 36.5 Å². The van der Waals surface area contributed by atoms with Gasteiger partial charge in [0, 0.05) is 18.7 Å². The molecule has 0 unspecified atom stereocenters. The van der Waals surface area contributed by atoms with Gasteiger partial charge in [-0.25, -0.2) is 13.8 Å². The molecule has 4 nitrogen and oxygen atoms in total. The van der Waals surface area contributed by atoms with Gasteiger partial charge in [0.15, 0.2) is 0 Å². The molecular weight excluding hydrogens is 286 g/mol. The molecule has 0 aliphatic heterocycles. The van der Waals surface area contributed by atoms with Crippen molar-refractivity contribution < 1.29 is 13.5 Å². The molecule has 0 saturated heterocycles. The Bertz CT molecular complexity index is 575. The van der Waals surface area contributed by atoms with Crippen LogP contribution in [0.3, 0.4) is 0 Å². The van der Waals surface area contributed by atoms with Gasteiger partial charge in [0.1, 0.15) is 17.4 Å². The van der Waals surface area contributed by atoms with Gasteiger partial charge in [-0.2, -0.15) is 0 Å². The number of pyridine rings is 2. The molecule has 0 fully saturated rings. The molecule has 2 heterocycles. The van der Waals surface area contributed by atoms with Crippen LogP contribution < -0.4 is 15.8 Å². The van der Waals surface area contributed by atoms with Crippen molar-refractivity contribution in [3.63, 3.8) is 0 Å². The smallest absolute Gasteiger partial charge is 0.269 e. The second kappa shape index (κ2) is 6.47. The van der Waals surface area contributed by atoms with E-state index in [0.717, 1.165) is 11.3 Å². The fourth-order valence-electron chi connectivity index (χ4n) is 1.76. The van der Waals surface area contributed by atoms with Crippen LogP contribution in [0, 0.1) is 0 Å². The van der Waals surface area contributed by atoms with Crippen molar-refractivity contribution >= 4 is 17.4 Å². The standard InChI is InChI=1S/C13H13ClF2N4/c14-11-5-4-9(7-18-11)6-10-2-1-3-13(20(10)17)19-8-12(15)16/h1-5,7,12H,6,8,17H2/p+1. The number of halogens is 3. The van der Waals surface area contributed by atoms with E-state index in [2.05, 4.69) is 10.3 Å². The molecule has 0 aliphatic rings. The number of hydrogen-bond acceptors (Lipinski definition) is 3. The Hall–Kier alpha value is -1.95. The molecule has 2 aromatic heterocycles. The second-order valence-corrected chi connectivity index (χ2v) is 4.60. The minimum absolute atomic E-state index is 0.418. The zero-order valence-electron chi connectivity index (χ0n) is 10.6. The zero-order chi connectivity index (χ0) is 14.5. The quantitative estimate of drug-likeness (QED) is 0.504. The molecule has 7 heteroatoms. The van der Waals surface area contributed by atoms with E-state index in [-0.39, 0.29) is 0 Å². The number of nitrogens with two attached hydrogens (primary N) is 1. The van der Waals surface area contributed by atoms with Gasteiger partial charge >= 0.3 is 0 Å². The van der Waals surface area contributed by atoms with Crippen molar-refractivity contribution in [3.8, 4) is 0 Å². The number of hydrogen-bond donors (Lipinski definition) is 2. The average Bonchev–Trinajstić information content (AvgIpc) is 2.42. The summed E-state index contributed by atoms with van der Waals surface area (Å²) in [5.74, 6) is 6.35. The van der Waals surface area contributed by atoms with Crippen LogP contribution in [0.1, 0.15) is 11.3 Å². The molecule has 0 saturated carbocycles. The number of aromatic nitrogens is 2. The summed E-state index contributed by atoms with van der Waals surface area (Å²) in [7, 11) is 0. The Morgan fingerprint density at radius 1 is 1.30 bits per heavy atom. The predicted molar refractivity (Wildman–Crippen MR) is 73.3 cm³/mol. The van der Waals surface area contributed by atoms with E-state index in [1.165, 1.54) is 4.68 Å². The molecule has 3 N–H and O–H groups in total. The molecule has 0 bridgehead atoms. The van der Waals surface area contributed by atoms with E-state index >= 15 is 0 Å². The van der Waals surface area contributed by atoms with Crippen molar-refractivity contribution in [2.75, 3.05) is 17.7 Å². The predicted octanol–water partition coefficient (Wildman–Crippen LogP) is 2.00. The van der Waals surface area contributed by atoms with Crippen LogP contribution >= 0.6 is 11.6 Å². The molecule has 20 heavy (non-hydrogen) atoms. The second-order valence-electron chi connectivity index (χ2n) is 4.21. The first kappa shape index (κ1) is 14.5. The van der Waals surface area contributed by atoms with Crippen LogP contribution in [0.2, 0.25) is 5.15 Å². The Balaban J connectivity index is 2.15. The Kier molecular flexibility index (Phi) is 4.68. The fraction of sp³-hybridized carbons (Fsp3) is 0.231. The van der Waals surface area contributed by atoms with Crippen LogP contribution in [-0.2, 0) is 6.42 Å². The van der Waals surface area contributed by atoms with Gasteiger partial charge in [0.2, 0.25) is 0 Å². The highest BCUT2D eigenvalue weighted by molar-refractivity contribution is 6.29. The van der Waals surface area contributed by atoms with Gasteiger partial charge in [-0.1, -0.05) is 23.7 Å². The molecule has 2 aromatic rings. The number of nitrogens with one attached hydrogen (secondary N) is 1. The van der Waals surface area contributed by atoms with Crippen LogP contribution in [0.4, 0.5) is 14.6 Å². The van der Waals surface area contributed by atoms with Crippen LogP contribution in [0.25, 0.3) is 0 Å². The first-order chi connectivity index (χ1) is 9.56. The van der Waals surface area contributed by atoms with Crippen molar-refractivity contribution in [1.82, 2.24) is 4.98 Å². The summed E-state index contributed by atoms with van der Waals surface area (Å²) in [5.41, 5.74) is 1.70. The number of nitrogen functional groups attached to an aromatic ring is 1. The van der Waals surface area contributed by atoms with Crippen LogP contribution in [-0.4, -0.2) is 18.0 Å². The summed E-state index contributed by atoms with van der Waals surface area (Å²) >= 11 is 5.72. The first-order valence-electron chi connectivity index (χ1n) is 5.97. The van der Waals surface area contributed by atoms with Crippen molar-refractivity contribution in [2.24, 2.45) is 0 Å². The first-order valence-corrected chi connectivity index (χ1v) is 6.35. The summed E-state index contributed by atoms with van der Waals surface area (Å²) in [6.45, 7) is -0.441. The van der Waals surface area contributed by atoms with E-state index in [0.29, 0.717) is 17.4 Å². The molecule has 0 amide bonds. The van der Waals surface area contributed by atoms with E-state index in [1.807, 2.05) is 12.1 Å². The number of alkyl halides is 2. The monoisotopic (exact) mass is 299 g/mol. The largest absolute Gasteiger partial charge is 0.297 e. The van der Waals surface area contributed by atoms with Gasteiger partial charge in [-0.3, -0.25) is 11.2 Å². The van der Waals surface area contributed by atoms with Gasteiger partial charge in [0.25, 0.3) is 12.2 Å². The lowest BCUT2D eigenvalue weighted by Crippen LogP contribution is -2.50. The maximum absolute atomic E-state index is 12.2. The topological polar surface area (TPSA) is 54.8 Å². The zero-order valence-corrected chi connectivity index (χ0v) is 11.3. The molecule has 106 valence electrons. The maximum Gasteiger partial charge on any atom is 0.297 e. The molecule has 2 rings (SSSR count). The minimum Gasteiger partial charge on any atom is -0.269 e. The molecule has 0 aromatic carbocycles. The lowest BCUT2D eigenvalue weighted by atomic mass is 10.1. The van der Waals surface area contributed by atoms with Gasteiger partial charge in [-0.05, 0) is 17.7 Å². The Labute approximate surface area is 120 Å². The van der Waals surface area contributed by atoms with Crippen molar-refractivity contribution in [2.45, 2.75) is 12.8 Å². The number of anilines is 1. The van der Waals surface area contributed by atoms with E-state index in [4.69, 9.17) is 17.4 Å². The molecule has 0 spiro atoms. The normalized spacial score (nSPS) is 10.8. The molecule has 0 radical (unpaired) electrons. The molecular formula is C13H14ClF2N4+. The molecule has 0 aliphatic carbocycles. The average molecular weight is 300 g/mol. The fourth-order valence-corrected chi connectivity index (χ4v) is 1.87. The summed E-state index contributed by atoms with van der Waals surface area (Å²) in [5, 5.41) is 3.02. The highest BCUT2D eigenvalue weighted by atomic mass is 35.5. The third-order valence-electron chi connectivity index (χ3n) is 2.72. The molecule has 0 atom stereocenters. The lowest BCUT2D eigenvalue weighted by Gasteiger charge is -2.07. The Morgan fingerprint density at radius 2 is 2.10 bits per heavy atom. The summed E-state index contributed by atoms with van der Waals surface area (Å²) < 4.78 is 25.8. The Morgan fingerprint density at radius 3 is 2.75 bits per heavy atom. The lowest BCUT2D eigenvalue weighted by molar-refractivity contribution is -0.632. The van der Waals surface area contributed by atoms with Crippen LogP contribution in [0.5, 0.6) is 0 Å². The summed E-state index contributed by atoms with van der Waals surface area (Å²) in [6, 6.07) is 8.76. The number of nitrogens with zero attached hydrogens (tertiary/aromatic N) is 2. The highest BCUT2D eigenvalue weighted by Crippen LogP contribution is 2.10. The van der Waals surface area contributed by atoms with E-state index in [9.17, 15) is 8.78 Å². The van der Waals surface area contributed by atoms with E-state index in [1.54, 1.807) is 24.4 Å². The van der Waals surface area contributed by atoms with Gasteiger partial charge < -0.3 is 0 Å². The maximum atomic E-state index is 12.2. The summed E-state index contributed by atoms with van der Waals surface area (Å²) in [6.07, 6.45) is -0.244. The van der Waals surface area contributed by atoms with Gasteiger partial charge in [-0.15, -0.1) is 4.68 Å². The SMILES string of the molecule is N[n+]1c(Cc2ccc(Cl)nc2)cccc1NCC(F)F. The van der Waals surface area contributed by atoms with Crippen molar-refractivity contribution in [3.05, 3.63) is 52.9 Å². The minimum atomic E-state index is -2.43. The number of rotatable bonds is 5. The van der Waals surface area contributed by atoms with E-state index < -0.39 is 13.0 Å². The third-order valence-corrected chi connectivity index (χ3v) is 2.95. The summed E-state index contributed by atoms with van der Waals surface area (Å²) in [4.78, 5) is 3.99. The highest BCUT2D eigenvalue weighted by Gasteiger charge is 2.14. The van der Waals surface area contributed by atoms with Gasteiger partial charge in [0.05, 0.1) is 0 Å².